The predicted octanol–water partition coefficient (Wildman–Crippen LogP) is 6.25. The van der Waals surface area contributed by atoms with Crippen LogP contribution in [0, 0.1) is 5.92 Å². The molecule has 3 N–H and O–H groups in total. The number of rotatable bonds is 11. The second kappa shape index (κ2) is 13.3. The third kappa shape index (κ3) is 7.33. The van der Waals surface area contributed by atoms with Crippen LogP contribution in [0.4, 0.5) is 11.4 Å². The summed E-state index contributed by atoms with van der Waals surface area (Å²) in [6.45, 7) is 3.70. The molecular weight excluding hydrogens is 510 g/mol. The molecule has 0 saturated heterocycles. The molecule has 2 aromatic carbocycles. The molecule has 2 fully saturated rings. The summed E-state index contributed by atoms with van der Waals surface area (Å²) < 4.78 is 0. The van der Waals surface area contributed by atoms with Gasteiger partial charge in [0.05, 0.1) is 16.9 Å². The lowest BCUT2D eigenvalue weighted by Gasteiger charge is -2.36. The Morgan fingerprint density at radius 2 is 1.76 bits per heavy atom. The van der Waals surface area contributed by atoms with Crippen LogP contribution in [0.5, 0.6) is 0 Å². The minimum atomic E-state index is -0.185. The lowest BCUT2D eigenvalue weighted by atomic mass is 9.90. The summed E-state index contributed by atoms with van der Waals surface area (Å²) in [6, 6.07) is 18.8. The average Bonchev–Trinajstić information content (AvgIpc) is 3.85. The maximum atomic E-state index is 13.3. The highest BCUT2D eigenvalue weighted by Crippen LogP contribution is 2.36. The highest BCUT2D eigenvalue weighted by Gasteiger charge is 2.37. The van der Waals surface area contributed by atoms with Crippen LogP contribution in [0.1, 0.15) is 74.2 Å². The maximum Gasteiger partial charge on any atom is 0.257 e. The average molecular weight is 554 g/mol. The number of benzene rings is 2. The Morgan fingerprint density at radius 3 is 2.46 bits per heavy atom. The quantitative estimate of drug-likeness (QED) is 0.293. The van der Waals surface area contributed by atoms with Gasteiger partial charge in [-0.05, 0) is 92.0 Å². The van der Waals surface area contributed by atoms with Crippen molar-refractivity contribution >= 4 is 23.2 Å². The van der Waals surface area contributed by atoms with E-state index in [2.05, 4.69) is 76.5 Å². The lowest BCUT2D eigenvalue weighted by Crippen LogP contribution is -2.44. The van der Waals surface area contributed by atoms with Crippen LogP contribution in [0.25, 0.3) is 11.1 Å². The van der Waals surface area contributed by atoms with Crippen LogP contribution >= 0.6 is 0 Å². The van der Waals surface area contributed by atoms with E-state index in [4.69, 9.17) is 5.73 Å². The number of amides is 2. The first-order valence-electron chi connectivity index (χ1n) is 15.1. The Hall–Kier alpha value is -3.71. The van der Waals surface area contributed by atoms with Crippen LogP contribution in [-0.4, -0.2) is 47.4 Å². The zero-order valence-corrected chi connectivity index (χ0v) is 24.4. The normalized spacial score (nSPS) is 18.5. The summed E-state index contributed by atoms with van der Waals surface area (Å²) in [5.74, 6) is 0.309. The van der Waals surface area contributed by atoms with Crippen molar-refractivity contribution < 1.29 is 9.59 Å². The van der Waals surface area contributed by atoms with Crippen molar-refractivity contribution in [1.29, 1.82) is 0 Å². The molecule has 41 heavy (non-hydrogen) atoms. The largest absolute Gasteiger partial charge is 0.373 e. The summed E-state index contributed by atoms with van der Waals surface area (Å²) in [7, 11) is 2.06. The van der Waals surface area contributed by atoms with Crippen molar-refractivity contribution in [2.75, 3.05) is 23.8 Å². The molecule has 5 rings (SSSR count). The molecule has 2 amide bonds. The zero-order chi connectivity index (χ0) is 28.8. The molecular formula is C34H43N5O2. The summed E-state index contributed by atoms with van der Waals surface area (Å²) in [4.78, 5) is 34.9. The van der Waals surface area contributed by atoms with E-state index < -0.39 is 0 Å². The highest BCUT2D eigenvalue weighted by atomic mass is 16.2. The molecule has 216 valence electrons. The van der Waals surface area contributed by atoms with Crippen molar-refractivity contribution in [2.24, 2.45) is 11.7 Å². The maximum absolute atomic E-state index is 13.3. The number of aromatic nitrogens is 1. The van der Waals surface area contributed by atoms with Gasteiger partial charge in [0.1, 0.15) is 0 Å². The smallest absolute Gasteiger partial charge is 0.257 e. The number of carbonyl (C=O) groups is 2. The zero-order valence-electron chi connectivity index (χ0n) is 24.4. The van der Waals surface area contributed by atoms with Crippen molar-refractivity contribution in [1.82, 2.24) is 9.88 Å². The van der Waals surface area contributed by atoms with Crippen LogP contribution in [0.3, 0.4) is 0 Å². The fourth-order valence-corrected chi connectivity index (χ4v) is 5.77. The van der Waals surface area contributed by atoms with E-state index in [0.29, 0.717) is 18.0 Å². The Labute approximate surface area is 244 Å². The molecule has 7 heteroatoms. The molecule has 1 heterocycles. The Morgan fingerprint density at radius 1 is 0.976 bits per heavy atom. The molecule has 1 aromatic heterocycles. The van der Waals surface area contributed by atoms with Gasteiger partial charge in [-0.25, -0.2) is 0 Å². The van der Waals surface area contributed by atoms with Gasteiger partial charge in [0.15, 0.2) is 0 Å². The van der Waals surface area contributed by atoms with Gasteiger partial charge in [-0.1, -0.05) is 37.6 Å². The SMILES string of the molecule is CCCCN(C)c1ccc(-c2cccc(CN(C(=O)C3CC3)C3CCC(N)CC3)c2)cc1NC(=O)c1cccnc1. The topological polar surface area (TPSA) is 91.6 Å². The number of nitrogens with zero attached hydrogens (tertiary/aromatic N) is 3. The fraction of sp³-hybridized carbons (Fsp3) is 0.441. The summed E-state index contributed by atoms with van der Waals surface area (Å²) >= 11 is 0. The van der Waals surface area contributed by atoms with Gasteiger partial charge in [0.25, 0.3) is 5.91 Å². The molecule has 0 aliphatic heterocycles. The van der Waals surface area contributed by atoms with Crippen LogP contribution in [-0.2, 0) is 11.3 Å². The van der Waals surface area contributed by atoms with Crippen LogP contribution in [0.15, 0.2) is 67.0 Å². The van der Waals surface area contributed by atoms with Gasteiger partial charge in [-0.2, -0.15) is 0 Å². The summed E-state index contributed by atoms with van der Waals surface area (Å²) in [5, 5.41) is 3.14. The molecule has 3 aromatic rings. The number of nitrogens with one attached hydrogen (secondary N) is 1. The van der Waals surface area contributed by atoms with E-state index >= 15 is 0 Å². The number of hydrogen-bond donors (Lipinski definition) is 2. The number of nitrogens with two attached hydrogens (primary N) is 1. The van der Waals surface area contributed by atoms with Gasteiger partial charge < -0.3 is 20.9 Å². The fourth-order valence-electron chi connectivity index (χ4n) is 5.77. The molecule has 0 radical (unpaired) electrons. The van der Waals surface area contributed by atoms with Crippen molar-refractivity contribution in [3.8, 4) is 11.1 Å². The minimum Gasteiger partial charge on any atom is -0.373 e. The number of anilines is 2. The third-order valence-electron chi connectivity index (χ3n) is 8.43. The van der Waals surface area contributed by atoms with E-state index in [1.54, 1.807) is 24.5 Å². The predicted molar refractivity (Wildman–Crippen MR) is 166 cm³/mol. The van der Waals surface area contributed by atoms with Gasteiger partial charge >= 0.3 is 0 Å². The van der Waals surface area contributed by atoms with E-state index in [1.165, 1.54) is 0 Å². The number of carbonyl (C=O) groups excluding carboxylic acids is 2. The van der Waals surface area contributed by atoms with Gasteiger partial charge in [-0.15, -0.1) is 0 Å². The Balaban J connectivity index is 1.41. The highest BCUT2D eigenvalue weighted by molar-refractivity contribution is 6.06. The first-order valence-corrected chi connectivity index (χ1v) is 15.1. The Kier molecular flexibility index (Phi) is 9.35. The van der Waals surface area contributed by atoms with Crippen molar-refractivity contribution in [3.05, 3.63) is 78.1 Å². The molecule has 0 unspecified atom stereocenters. The van der Waals surface area contributed by atoms with E-state index in [1.807, 2.05) is 0 Å². The van der Waals surface area contributed by atoms with E-state index in [9.17, 15) is 9.59 Å². The first-order chi connectivity index (χ1) is 19.9. The lowest BCUT2D eigenvalue weighted by molar-refractivity contribution is -0.136. The molecule has 0 spiro atoms. The van der Waals surface area contributed by atoms with Gasteiger partial charge in [0.2, 0.25) is 5.91 Å². The Bertz CT molecular complexity index is 1330. The number of unbranched alkanes of at least 4 members (excludes halogenated alkanes) is 1. The second-order valence-corrected chi connectivity index (χ2v) is 11.7. The molecule has 2 saturated carbocycles. The number of hydrogen-bond acceptors (Lipinski definition) is 5. The van der Waals surface area contributed by atoms with Crippen molar-refractivity contribution in [3.63, 3.8) is 0 Å². The van der Waals surface area contributed by atoms with Gasteiger partial charge in [-0.3, -0.25) is 14.6 Å². The molecule has 2 aliphatic carbocycles. The summed E-state index contributed by atoms with van der Waals surface area (Å²) in [5.41, 5.74) is 11.6. The standard InChI is InChI=1S/C34H43N5O2/c1-3-4-19-38(2)32-17-12-27(21-31(32)37-33(40)28-9-6-18-36-22-28)26-8-5-7-24(20-26)23-39(34(41)25-10-11-25)30-15-13-29(35)14-16-30/h5-9,12,17-18,20-22,25,29-30H,3-4,10-11,13-16,19,23,35H2,1-2H3,(H,37,40). The first kappa shape index (κ1) is 28.8. The number of pyridine rings is 1. The van der Waals surface area contributed by atoms with Crippen LogP contribution < -0.4 is 16.0 Å². The van der Waals surface area contributed by atoms with Gasteiger partial charge in [0, 0.05) is 50.5 Å². The molecule has 0 bridgehead atoms. The van der Waals surface area contributed by atoms with E-state index in [0.717, 1.165) is 86.0 Å². The van der Waals surface area contributed by atoms with Crippen LogP contribution in [0.2, 0.25) is 0 Å². The second-order valence-electron chi connectivity index (χ2n) is 11.7. The molecule has 0 atom stereocenters. The summed E-state index contributed by atoms with van der Waals surface area (Å²) in [6.07, 6.45) is 11.3. The van der Waals surface area contributed by atoms with Crippen molar-refractivity contribution in [2.45, 2.75) is 76.9 Å². The third-order valence-corrected chi connectivity index (χ3v) is 8.43. The molecule has 7 nitrogen and oxygen atoms in total. The minimum absolute atomic E-state index is 0.185. The molecule has 2 aliphatic rings. The monoisotopic (exact) mass is 553 g/mol. The van der Waals surface area contributed by atoms with E-state index in [-0.39, 0.29) is 23.9 Å².